The number of benzene rings is 1. The van der Waals surface area contributed by atoms with Gasteiger partial charge in [-0.1, -0.05) is 37.6 Å². The van der Waals surface area contributed by atoms with Gasteiger partial charge < -0.3 is 4.74 Å². The first-order valence-electron chi connectivity index (χ1n) is 5.40. The molecule has 86 valence electrons. The lowest BCUT2D eigenvalue weighted by molar-refractivity contribution is -0.141. The third kappa shape index (κ3) is 2.22. The maximum atomic E-state index is 11.6. The summed E-state index contributed by atoms with van der Waals surface area (Å²) in [6.07, 6.45) is 0.725. The van der Waals surface area contributed by atoms with Gasteiger partial charge in [0, 0.05) is 10.4 Å². The molecule has 1 aromatic rings. The smallest absolute Gasteiger partial charge is 0.309 e. The summed E-state index contributed by atoms with van der Waals surface area (Å²) in [5.74, 6) is -0.131. The SMILES string of the molecule is CC1(C)COC(=O)C1Cc1ccc(Cl)cc1. The second-order valence-corrected chi connectivity index (χ2v) is 5.42. The molecule has 1 unspecified atom stereocenters. The van der Waals surface area contributed by atoms with Gasteiger partial charge >= 0.3 is 5.97 Å². The minimum absolute atomic E-state index is 0.0475. The normalized spacial score (nSPS) is 23.2. The Morgan fingerprint density at radius 3 is 2.50 bits per heavy atom. The molecular formula is C13H15ClO2. The molecule has 0 amide bonds. The molecule has 0 radical (unpaired) electrons. The monoisotopic (exact) mass is 238 g/mol. The molecule has 2 nitrogen and oxygen atoms in total. The van der Waals surface area contributed by atoms with Crippen LogP contribution in [0.15, 0.2) is 24.3 Å². The molecular weight excluding hydrogens is 224 g/mol. The van der Waals surface area contributed by atoms with Crippen LogP contribution in [0.1, 0.15) is 19.4 Å². The quantitative estimate of drug-likeness (QED) is 0.741. The van der Waals surface area contributed by atoms with E-state index in [9.17, 15) is 4.79 Å². The van der Waals surface area contributed by atoms with Crippen LogP contribution in [-0.4, -0.2) is 12.6 Å². The summed E-state index contributed by atoms with van der Waals surface area (Å²) < 4.78 is 5.11. The van der Waals surface area contributed by atoms with E-state index in [-0.39, 0.29) is 17.3 Å². The van der Waals surface area contributed by atoms with E-state index in [0.717, 1.165) is 17.0 Å². The molecule has 3 heteroatoms. The Balaban J connectivity index is 2.15. The van der Waals surface area contributed by atoms with Crippen LogP contribution >= 0.6 is 11.6 Å². The summed E-state index contributed by atoms with van der Waals surface area (Å²) in [5, 5.41) is 0.719. The number of rotatable bonds is 2. The fraction of sp³-hybridized carbons (Fsp3) is 0.462. The Bertz CT molecular complexity index is 395. The number of halogens is 1. The lowest BCUT2D eigenvalue weighted by Gasteiger charge is -2.21. The highest BCUT2D eigenvalue weighted by atomic mass is 35.5. The number of esters is 1. The number of ether oxygens (including phenoxy) is 1. The van der Waals surface area contributed by atoms with Crippen LogP contribution in [0, 0.1) is 11.3 Å². The van der Waals surface area contributed by atoms with Crippen LogP contribution in [0.2, 0.25) is 5.02 Å². The van der Waals surface area contributed by atoms with Gasteiger partial charge in [-0.2, -0.15) is 0 Å². The fourth-order valence-electron chi connectivity index (χ4n) is 1.99. The molecule has 1 aromatic carbocycles. The first-order valence-corrected chi connectivity index (χ1v) is 5.78. The van der Waals surface area contributed by atoms with Crippen molar-refractivity contribution in [3.8, 4) is 0 Å². The number of cyclic esters (lactones) is 1. The number of hydrogen-bond donors (Lipinski definition) is 0. The van der Waals surface area contributed by atoms with Crippen molar-refractivity contribution in [3.63, 3.8) is 0 Å². The van der Waals surface area contributed by atoms with Crippen LogP contribution in [0.25, 0.3) is 0 Å². The first-order chi connectivity index (χ1) is 7.49. The second kappa shape index (κ2) is 4.10. The zero-order valence-electron chi connectivity index (χ0n) is 9.50. The van der Waals surface area contributed by atoms with Crippen LogP contribution in [-0.2, 0) is 16.0 Å². The van der Waals surface area contributed by atoms with Crippen LogP contribution in [0.4, 0.5) is 0 Å². The number of carbonyl (C=O) groups is 1. The molecule has 1 atom stereocenters. The van der Waals surface area contributed by atoms with Gasteiger partial charge in [0.1, 0.15) is 0 Å². The molecule has 1 saturated heterocycles. The van der Waals surface area contributed by atoms with Gasteiger partial charge in [-0.3, -0.25) is 4.79 Å². The fourth-order valence-corrected chi connectivity index (χ4v) is 2.12. The topological polar surface area (TPSA) is 26.3 Å². The van der Waals surface area contributed by atoms with Crippen LogP contribution < -0.4 is 0 Å². The van der Waals surface area contributed by atoms with Crippen LogP contribution in [0.3, 0.4) is 0 Å². The molecule has 0 bridgehead atoms. The Kier molecular flexibility index (Phi) is 2.94. The van der Waals surface area contributed by atoms with E-state index in [0.29, 0.717) is 6.61 Å². The molecule has 0 aromatic heterocycles. The van der Waals surface area contributed by atoms with Crippen molar-refractivity contribution in [2.45, 2.75) is 20.3 Å². The van der Waals surface area contributed by atoms with E-state index in [1.807, 2.05) is 24.3 Å². The molecule has 0 N–H and O–H groups in total. The summed E-state index contributed by atoms with van der Waals surface area (Å²) in [6, 6.07) is 7.63. The average molecular weight is 239 g/mol. The van der Waals surface area contributed by atoms with Crippen molar-refractivity contribution < 1.29 is 9.53 Å². The minimum Gasteiger partial charge on any atom is -0.465 e. The Labute approximate surface area is 101 Å². The summed E-state index contributed by atoms with van der Waals surface area (Å²) in [6.45, 7) is 4.65. The highest BCUT2D eigenvalue weighted by Crippen LogP contribution is 2.36. The average Bonchev–Trinajstić information content (AvgIpc) is 2.48. The highest BCUT2D eigenvalue weighted by molar-refractivity contribution is 6.30. The van der Waals surface area contributed by atoms with Gasteiger partial charge in [0.05, 0.1) is 12.5 Å². The lowest BCUT2D eigenvalue weighted by Crippen LogP contribution is -2.26. The van der Waals surface area contributed by atoms with E-state index < -0.39 is 0 Å². The zero-order valence-corrected chi connectivity index (χ0v) is 10.3. The molecule has 2 rings (SSSR count). The lowest BCUT2D eigenvalue weighted by atomic mass is 9.78. The van der Waals surface area contributed by atoms with Gasteiger partial charge in [-0.15, -0.1) is 0 Å². The number of hydrogen-bond acceptors (Lipinski definition) is 2. The molecule has 0 saturated carbocycles. The maximum absolute atomic E-state index is 11.6. The third-order valence-corrected chi connectivity index (χ3v) is 3.42. The van der Waals surface area contributed by atoms with E-state index in [2.05, 4.69) is 13.8 Å². The van der Waals surface area contributed by atoms with Crippen molar-refractivity contribution in [1.82, 2.24) is 0 Å². The molecule has 1 aliphatic heterocycles. The van der Waals surface area contributed by atoms with Gasteiger partial charge in [0.25, 0.3) is 0 Å². The van der Waals surface area contributed by atoms with E-state index in [1.165, 1.54) is 0 Å². The van der Waals surface area contributed by atoms with E-state index in [1.54, 1.807) is 0 Å². The summed E-state index contributed by atoms with van der Waals surface area (Å²) in [7, 11) is 0. The third-order valence-electron chi connectivity index (χ3n) is 3.17. The summed E-state index contributed by atoms with van der Waals surface area (Å²) in [4.78, 5) is 11.6. The van der Waals surface area contributed by atoms with Crippen molar-refractivity contribution >= 4 is 17.6 Å². The Hall–Kier alpha value is -1.02. The van der Waals surface area contributed by atoms with Gasteiger partial charge in [0.2, 0.25) is 0 Å². The highest BCUT2D eigenvalue weighted by Gasteiger charge is 2.43. The van der Waals surface area contributed by atoms with Crippen molar-refractivity contribution in [2.24, 2.45) is 11.3 Å². The predicted molar refractivity (Wildman–Crippen MR) is 63.4 cm³/mol. The van der Waals surface area contributed by atoms with Gasteiger partial charge in [0.15, 0.2) is 0 Å². The molecule has 0 aliphatic carbocycles. The van der Waals surface area contributed by atoms with Crippen molar-refractivity contribution in [2.75, 3.05) is 6.61 Å². The molecule has 1 aliphatic rings. The molecule has 16 heavy (non-hydrogen) atoms. The largest absolute Gasteiger partial charge is 0.465 e. The summed E-state index contributed by atoms with van der Waals surface area (Å²) >= 11 is 5.82. The Morgan fingerprint density at radius 2 is 2.00 bits per heavy atom. The van der Waals surface area contributed by atoms with Gasteiger partial charge in [-0.25, -0.2) is 0 Å². The molecule has 1 heterocycles. The maximum Gasteiger partial charge on any atom is 0.309 e. The molecule has 1 fully saturated rings. The van der Waals surface area contributed by atoms with Crippen molar-refractivity contribution in [3.05, 3.63) is 34.9 Å². The standard InChI is InChI=1S/C13H15ClO2/c1-13(2)8-16-12(15)11(13)7-9-3-5-10(14)6-4-9/h3-6,11H,7-8H2,1-2H3. The van der Waals surface area contributed by atoms with E-state index >= 15 is 0 Å². The predicted octanol–water partition coefficient (Wildman–Crippen LogP) is 3.08. The minimum atomic E-state index is -0.0834. The van der Waals surface area contributed by atoms with Crippen molar-refractivity contribution in [1.29, 1.82) is 0 Å². The summed E-state index contributed by atoms with van der Waals surface area (Å²) in [5.41, 5.74) is 1.05. The molecule has 0 spiro atoms. The number of carbonyl (C=O) groups excluding carboxylic acids is 1. The van der Waals surface area contributed by atoms with Gasteiger partial charge in [-0.05, 0) is 24.1 Å². The van der Waals surface area contributed by atoms with Crippen LogP contribution in [0.5, 0.6) is 0 Å². The van der Waals surface area contributed by atoms with E-state index in [4.69, 9.17) is 16.3 Å². The second-order valence-electron chi connectivity index (χ2n) is 4.98. The zero-order chi connectivity index (χ0) is 11.8. The first kappa shape index (κ1) is 11.5. The Morgan fingerprint density at radius 1 is 1.38 bits per heavy atom.